The molecule has 0 N–H and O–H groups in total. The molecule has 0 radical (unpaired) electrons. The van der Waals surface area contributed by atoms with Gasteiger partial charge in [0, 0.05) is 22.7 Å². The highest BCUT2D eigenvalue weighted by Gasteiger charge is 2.59. The zero-order valence-corrected chi connectivity index (χ0v) is 16.0. The Hall–Kier alpha value is -3.22. The van der Waals surface area contributed by atoms with Crippen LogP contribution in [-0.2, 0) is 25.7 Å². The van der Waals surface area contributed by atoms with Crippen LogP contribution in [0.15, 0.2) is 47.7 Å². The number of hydrogen-bond donors (Lipinski definition) is 0. The molecule has 1 aromatic heterocycles. The van der Waals surface area contributed by atoms with Gasteiger partial charge in [0.05, 0.1) is 24.7 Å². The van der Waals surface area contributed by atoms with Gasteiger partial charge in [-0.05, 0) is 31.2 Å². The molecule has 7 nitrogen and oxygen atoms in total. The molecule has 2 bridgehead atoms. The molecule has 4 atom stereocenters. The summed E-state index contributed by atoms with van der Waals surface area (Å²) < 4.78 is 6.84. The summed E-state index contributed by atoms with van der Waals surface area (Å²) in [6.45, 7) is 2.18. The molecule has 29 heavy (non-hydrogen) atoms. The lowest BCUT2D eigenvalue weighted by atomic mass is 9.85. The van der Waals surface area contributed by atoms with Crippen molar-refractivity contribution in [2.45, 2.75) is 19.9 Å². The van der Waals surface area contributed by atoms with Crippen molar-refractivity contribution in [3.05, 3.63) is 48.2 Å². The standard InChI is InChI=1S/C22H21N3O4/c1-2-29-18(26)12-24-11-15(16-5-3-4-6-17(16)24)10-23-25-21(27)19-13-7-8-14(9-13)20(19)22(25)28/h3-8,10-11,13-14,19-20H,2,9,12H2,1H3/b23-10-/t13-,14-,19+,20+/m0/s1. The number of benzene rings is 1. The average molecular weight is 391 g/mol. The molecule has 1 aromatic carbocycles. The Morgan fingerprint density at radius 2 is 1.86 bits per heavy atom. The van der Waals surface area contributed by atoms with Crippen molar-refractivity contribution < 1.29 is 19.1 Å². The van der Waals surface area contributed by atoms with Crippen LogP contribution in [0.4, 0.5) is 0 Å². The largest absolute Gasteiger partial charge is 0.465 e. The predicted octanol–water partition coefficient (Wildman–Crippen LogP) is 2.35. The molecule has 0 spiro atoms. The Morgan fingerprint density at radius 1 is 1.17 bits per heavy atom. The number of allylic oxidation sites excluding steroid dienone is 2. The third kappa shape index (κ3) is 2.72. The highest BCUT2D eigenvalue weighted by molar-refractivity contribution is 6.07. The Kier molecular flexibility index (Phi) is 4.12. The lowest BCUT2D eigenvalue weighted by Crippen LogP contribution is -2.28. The molecule has 2 fully saturated rings. The van der Waals surface area contributed by atoms with Gasteiger partial charge in [-0.1, -0.05) is 30.4 Å². The van der Waals surface area contributed by atoms with Crippen molar-refractivity contribution in [1.29, 1.82) is 0 Å². The summed E-state index contributed by atoms with van der Waals surface area (Å²) in [4.78, 5) is 37.5. The second-order valence-electron chi connectivity index (χ2n) is 7.77. The zero-order valence-electron chi connectivity index (χ0n) is 16.0. The van der Waals surface area contributed by atoms with E-state index < -0.39 is 0 Å². The number of esters is 1. The fraction of sp³-hybridized carbons (Fsp3) is 0.364. The number of carbonyl (C=O) groups is 3. The van der Waals surface area contributed by atoms with Crippen LogP contribution in [-0.4, -0.2) is 40.2 Å². The Bertz CT molecular complexity index is 1050. The number of rotatable bonds is 5. The Morgan fingerprint density at radius 3 is 2.55 bits per heavy atom. The number of aromatic nitrogens is 1. The average Bonchev–Trinajstić information content (AvgIpc) is 3.45. The van der Waals surface area contributed by atoms with E-state index in [4.69, 9.17) is 4.74 Å². The first-order chi connectivity index (χ1) is 14.1. The SMILES string of the molecule is CCOC(=O)Cn1cc(/C=N\N2C(=O)[C@H]3[C@H](C2=O)[C@H]2C=C[C@H]3C2)c2ccccc21. The quantitative estimate of drug-likeness (QED) is 0.339. The van der Waals surface area contributed by atoms with Gasteiger partial charge in [0.15, 0.2) is 0 Å². The maximum Gasteiger partial charge on any atom is 0.325 e. The van der Waals surface area contributed by atoms with Gasteiger partial charge >= 0.3 is 5.97 Å². The minimum atomic E-state index is -0.322. The monoisotopic (exact) mass is 391 g/mol. The van der Waals surface area contributed by atoms with Crippen molar-refractivity contribution in [3.63, 3.8) is 0 Å². The molecule has 1 saturated carbocycles. The summed E-state index contributed by atoms with van der Waals surface area (Å²) in [6.07, 6.45) is 8.35. The molecule has 0 unspecified atom stereocenters. The first kappa shape index (κ1) is 17.8. The number of carbonyl (C=O) groups excluding carboxylic acids is 3. The van der Waals surface area contributed by atoms with Crippen LogP contribution in [0, 0.1) is 23.7 Å². The van der Waals surface area contributed by atoms with Crippen LogP contribution in [0.5, 0.6) is 0 Å². The summed E-state index contributed by atoms with van der Waals surface area (Å²) in [5.41, 5.74) is 1.60. The van der Waals surface area contributed by atoms with E-state index >= 15 is 0 Å². The van der Waals surface area contributed by atoms with Gasteiger partial charge in [-0.15, -0.1) is 0 Å². The van der Waals surface area contributed by atoms with Crippen molar-refractivity contribution >= 4 is 34.9 Å². The molecule has 5 rings (SSSR count). The number of ether oxygens (including phenoxy) is 1. The van der Waals surface area contributed by atoms with E-state index in [2.05, 4.69) is 17.3 Å². The smallest absolute Gasteiger partial charge is 0.325 e. The van der Waals surface area contributed by atoms with E-state index in [1.165, 1.54) is 6.21 Å². The number of amides is 2. The number of nitrogens with zero attached hydrogens (tertiary/aromatic N) is 3. The topological polar surface area (TPSA) is 81.0 Å². The van der Waals surface area contributed by atoms with Crippen LogP contribution in [0.25, 0.3) is 10.9 Å². The highest BCUT2D eigenvalue weighted by atomic mass is 16.5. The first-order valence-electron chi connectivity index (χ1n) is 9.92. The summed E-state index contributed by atoms with van der Waals surface area (Å²) in [5, 5.41) is 6.20. The number of para-hydroxylation sites is 1. The summed E-state index contributed by atoms with van der Waals surface area (Å²) >= 11 is 0. The summed E-state index contributed by atoms with van der Waals surface area (Å²) in [7, 11) is 0. The third-order valence-corrected chi connectivity index (χ3v) is 6.18. The lowest BCUT2D eigenvalue weighted by Gasteiger charge is -2.13. The molecule has 2 aliphatic carbocycles. The van der Waals surface area contributed by atoms with E-state index in [1.54, 1.807) is 17.7 Å². The molecular weight excluding hydrogens is 370 g/mol. The van der Waals surface area contributed by atoms with E-state index in [0.717, 1.165) is 27.9 Å². The highest BCUT2D eigenvalue weighted by Crippen LogP contribution is 2.52. The molecule has 1 saturated heterocycles. The van der Waals surface area contributed by atoms with Gasteiger partial charge < -0.3 is 9.30 Å². The van der Waals surface area contributed by atoms with E-state index in [0.29, 0.717) is 6.61 Å². The first-order valence-corrected chi connectivity index (χ1v) is 9.92. The van der Waals surface area contributed by atoms with Gasteiger partial charge in [-0.2, -0.15) is 10.1 Å². The number of hydrazone groups is 1. The van der Waals surface area contributed by atoms with Crippen molar-refractivity contribution in [2.24, 2.45) is 28.8 Å². The van der Waals surface area contributed by atoms with E-state index in [-0.39, 0.29) is 48.0 Å². The maximum absolute atomic E-state index is 12.8. The molecule has 3 aliphatic rings. The molecule has 1 aliphatic heterocycles. The van der Waals surface area contributed by atoms with Crippen molar-refractivity contribution in [3.8, 4) is 0 Å². The Balaban J connectivity index is 1.43. The van der Waals surface area contributed by atoms with Crippen LogP contribution >= 0.6 is 0 Å². The molecular formula is C22H21N3O4. The summed E-state index contributed by atoms with van der Waals surface area (Å²) in [5.74, 6) is -0.940. The Labute approximate surface area is 167 Å². The molecule has 2 heterocycles. The van der Waals surface area contributed by atoms with Crippen molar-refractivity contribution in [1.82, 2.24) is 9.58 Å². The maximum atomic E-state index is 12.8. The molecule has 7 heteroatoms. The zero-order chi connectivity index (χ0) is 20.1. The second-order valence-corrected chi connectivity index (χ2v) is 7.77. The molecule has 2 aromatic rings. The number of hydrogen-bond acceptors (Lipinski definition) is 5. The summed E-state index contributed by atoms with van der Waals surface area (Å²) in [6, 6.07) is 7.62. The third-order valence-electron chi connectivity index (χ3n) is 6.18. The van der Waals surface area contributed by atoms with E-state index in [1.807, 2.05) is 24.3 Å². The second kappa shape index (κ2) is 6.69. The van der Waals surface area contributed by atoms with Gasteiger partial charge in [0.25, 0.3) is 11.8 Å². The fourth-order valence-electron chi connectivity index (χ4n) is 4.97. The van der Waals surface area contributed by atoms with Crippen LogP contribution < -0.4 is 0 Å². The van der Waals surface area contributed by atoms with Gasteiger partial charge in [0.2, 0.25) is 0 Å². The van der Waals surface area contributed by atoms with E-state index in [9.17, 15) is 14.4 Å². The van der Waals surface area contributed by atoms with Gasteiger partial charge in [-0.3, -0.25) is 14.4 Å². The van der Waals surface area contributed by atoms with Gasteiger partial charge in [-0.25, -0.2) is 0 Å². The van der Waals surface area contributed by atoms with Crippen LogP contribution in [0.3, 0.4) is 0 Å². The van der Waals surface area contributed by atoms with Crippen LogP contribution in [0.2, 0.25) is 0 Å². The van der Waals surface area contributed by atoms with Crippen LogP contribution in [0.1, 0.15) is 18.9 Å². The number of fused-ring (bicyclic) bond motifs is 6. The lowest BCUT2D eigenvalue weighted by molar-refractivity contribution is -0.144. The fourth-order valence-corrected chi connectivity index (χ4v) is 4.97. The minimum absolute atomic E-state index is 0.0863. The predicted molar refractivity (Wildman–Crippen MR) is 106 cm³/mol. The minimum Gasteiger partial charge on any atom is -0.465 e. The van der Waals surface area contributed by atoms with Crippen molar-refractivity contribution in [2.75, 3.05) is 6.61 Å². The van der Waals surface area contributed by atoms with Gasteiger partial charge in [0.1, 0.15) is 6.54 Å². The molecule has 2 amide bonds. The molecule has 148 valence electrons. The normalized spacial score (nSPS) is 27.6. The number of imide groups is 1.